The molecule has 1 unspecified atom stereocenters. The van der Waals surface area contributed by atoms with E-state index in [1.807, 2.05) is 23.1 Å². The van der Waals surface area contributed by atoms with Gasteiger partial charge in [0.05, 0.1) is 30.8 Å². The van der Waals surface area contributed by atoms with Gasteiger partial charge in [-0.05, 0) is 18.4 Å². The molecule has 2 amide bonds. The number of carbonyl (C=O) groups excluding carboxylic acids is 2. The quantitative estimate of drug-likeness (QED) is 0.890. The third-order valence-corrected chi connectivity index (χ3v) is 5.08. The van der Waals surface area contributed by atoms with Gasteiger partial charge in [-0.15, -0.1) is 0 Å². The standard InChI is InChI=1S/C19H22N4O3/c24-17(12-22-8-9-26-19(22)25)23-10-15(18-16(11-23)20-13-21-18)7-6-14-4-2-1-3-5-14/h1-5,13,15H,6-12H2,(H,20,21). The van der Waals surface area contributed by atoms with Crippen molar-refractivity contribution >= 4 is 12.0 Å². The molecule has 7 nitrogen and oxygen atoms in total. The fourth-order valence-corrected chi connectivity index (χ4v) is 3.65. The zero-order chi connectivity index (χ0) is 17.9. The molecule has 2 aliphatic rings. The number of nitrogens with zero attached hydrogens (tertiary/aromatic N) is 3. The second kappa shape index (κ2) is 7.19. The molecule has 7 heteroatoms. The van der Waals surface area contributed by atoms with Gasteiger partial charge in [0.25, 0.3) is 0 Å². The summed E-state index contributed by atoms with van der Waals surface area (Å²) < 4.78 is 4.91. The smallest absolute Gasteiger partial charge is 0.410 e. The normalized spacial score (nSPS) is 19.4. The number of imidazole rings is 1. The molecule has 1 saturated heterocycles. The van der Waals surface area contributed by atoms with Gasteiger partial charge < -0.3 is 14.6 Å². The van der Waals surface area contributed by atoms with Crippen molar-refractivity contribution < 1.29 is 14.3 Å². The van der Waals surface area contributed by atoms with E-state index in [9.17, 15) is 9.59 Å². The number of amides is 2. The zero-order valence-corrected chi connectivity index (χ0v) is 14.6. The third kappa shape index (κ3) is 3.42. The molecule has 1 aromatic carbocycles. The molecule has 2 aromatic rings. The number of hydrogen-bond donors (Lipinski definition) is 1. The van der Waals surface area contributed by atoms with Crippen LogP contribution in [0.15, 0.2) is 36.7 Å². The molecule has 1 N–H and O–H groups in total. The Morgan fingerprint density at radius 2 is 2.15 bits per heavy atom. The minimum atomic E-state index is -0.404. The molecular formula is C19H22N4O3. The predicted molar refractivity (Wildman–Crippen MR) is 94.4 cm³/mol. The van der Waals surface area contributed by atoms with Crippen LogP contribution in [0.2, 0.25) is 0 Å². The van der Waals surface area contributed by atoms with E-state index in [-0.39, 0.29) is 18.4 Å². The number of hydrogen-bond acceptors (Lipinski definition) is 4. The van der Waals surface area contributed by atoms with E-state index in [1.165, 1.54) is 10.5 Å². The molecule has 1 fully saturated rings. The molecule has 26 heavy (non-hydrogen) atoms. The number of ether oxygens (including phenoxy) is 1. The lowest BCUT2D eigenvalue weighted by molar-refractivity contribution is -0.133. The second-order valence-corrected chi connectivity index (χ2v) is 6.80. The lowest BCUT2D eigenvalue weighted by atomic mass is 9.92. The number of aromatic amines is 1. The first kappa shape index (κ1) is 16.6. The summed E-state index contributed by atoms with van der Waals surface area (Å²) in [6, 6.07) is 10.3. The summed E-state index contributed by atoms with van der Waals surface area (Å²) in [5, 5.41) is 0. The number of carbonyl (C=O) groups is 2. The monoisotopic (exact) mass is 354 g/mol. The number of aryl methyl sites for hydroxylation is 1. The van der Waals surface area contributed by atoms with E-state index >= 15 is 0 Å². The fraction of sp³-hybridized carbons (Fsp3) is 0.421. The first-order valence-corrected chi connectivity index (χ1v) is 8.96. The number of rotatable bonds is 5. The predicted octanol–water partition coefficient (Wildman–Crippen LogP) is 1.92. The summed E-state index contributed by atoms with van der Waals surface area (Å²) >= 11 is 0. The van der Waals surface area contributed by atoms with Crippen molar-refractivity contribution in [2.45, 2.75) is 25.3 Å². The number of fused-ring (bicyclic) bond motifs is 1. The van der Waals surface area contributed by atoms with E-state index < -0.39 is 6.09 Å². The first-order valence-electron chi connectivity index (χ1n) is 8.96. The highest BCUT2D eigenvalue weighted by molar-refractivity contribution is 5.83. The number of benzene rings is 1. The van der Waals surface area contributed by atoms with Gasteiger partial charge in [0, 0.05) is 12.5 Å². The molecule has 1 aromatic heterocycles. The summed E-state index contributed by atoms with van der Waals surface area (Å²) in [4.78, 5) is 35.2. The lowest BCUT2D eigenvalue weighted by Crippen LogP contribution is -2.44. The Labute approximate surface area is 152 Å². The number of H-pyrrole nitrogens is 1. The van der Waals surface area contributed by atoms with Crippen LogP contribution in [0.25, 0.3) is 0 Å². The van der Waals surface area contributed by atoms with Gasteiger partial charge in [0.2, 0.25) is 5.91 Å². The van der Waals surface area contributed by atoms with Crippen LogP contribution >= 0.6 is 0 Å². The van der Waals surface area contributed by atoms with E-state index in [0.717, 1.165) is 24.2 Å². The van der Waals surface area contributed by atoms with Crippen LogP contribution in [0.5, 0.6) is 0 Å². The summed E-state index contributed by atoms with van der Waals surface area (Å²) in [6.07, 6.45) is 3.17. The van der Waals surface area contributed by atoms with Crippen LogP contribution < -0.4 is 0 Å². The maximum absolute atomic E-state index is 12.7. The van der Waals surface area contributed by atoms with Crippen LogP contribution in [0.1, 0.15) is 29.3 Å². The molecule has 0 spiro atoms. The van der Waals surface area contributed by atoms with E-state index in [2.05, 4.69) is 22.1 Å². The molecule has 0 bridgehead atoms. The summed E-state index contributed by atoms with van der Waals surface area (Å²) in [5.41, 5.74) is 3.34. The SMILES string of the molecule is O=C(CN1CCOC1=O)N1Cc2[nH]cnc2C(CCc2ccccc2)C1. The summed E-state index contributed by atoms with van der Waals surface area (Å²) in [5.74, 6) is 0.147. The largest absolute Gasteiger partial charge is 0.448 e. The topological polar surface area (TPSA) is 78.5 Å². The first-order chi connectivity index (χ1) is 12.7. The average Bonchev–Trinajstić information content (AvgIpc) is 3.29. The highest BCUT2D eigenvalue weighted by Crippen LogP contribution is 2.29. The lowest BCUT2D eigenvalue weighted by Gasteiger charge is -2.33. The molecule has 0 saturated carbocycles. The van der Waals surface area contributed by atoms with Gasteiger partial charge >= 0.3 is 6.09 Å². The van der Waals surface area contributed by atoms with Crippen LogP contribution in [0.3, 0.4) is 0 Å². The second-order valence-electron chi connectivity index (χ2n) is 6.80. The van der Waals surface area contributed by atoms with Gasteiger partial charge in [0.15, 0.2) is 0 Å². The molecule has 1 atom stereocenters. The number of aromatic nitrogens is 2. The Balaban J connectivity index is 1.43. The van der Waals surface area contributed by atoms with Crippen molar-refractivity contribution in [1.82, 2.24) is 19.8 Å². The molecular weight excluding hydrogens is 332 g/mol. The van der Waals surface area contributed by atoms with Crippen molar-refractivity contribution in [2.75, 3.05) is 26.2 Å². The fourth-order valence-electron chi connectivity index (χ4n) is 3.65. The summed E-state index contributed by atoms with van der Waals surface area (Å²) in [6.45, 7) is 2.06. The molecule has 2 aliphatic heterocycles. The zero-order valence-electron chi connectivity index (χ0n) is 14.6. The Bertz CT molecular complexity index is 789. The Morgan fingerprint density at radius 1 is 1.31 bits per heavy atom. The minimum absolute atomic E-state index is 0.0474. The maximum Gasteiger partial charge on any atom is 0.410 e. The Kier molecular flexibility index (Phi) is 4.60. The van der Waals surface area contributed by atoms with Crippen LogP contribution in [-0.2, 0) is 22.5 Å². The number of nitrogens with one attached hydrogen (secondary N) is 1. The minimum Gasteiger partial charge on any atom is -0.448 e. The van der Waals surface area contributed by atoms with Crippen LogP contribution in [-0.4, -0.2) is 58.0 Å². The van der Waals surface area contributed by atoms with Crippen LogP contribution in [0, 0.1) is 0 Å². The average molecular weight is 354 g/mol. The van der Waals surface area contributed by atoms with Gasteiger partial charge in [-0.1, -0.05) is 30.3 Å². The van der Waals surface area contributed by atoms with Gasteiger partial charge in [-0.2, -0.15) is 0 Å². The molecule has 3 heterocycles. The summed E-state index contributed by atoms with van der Waals surface area (Å²) in [7, 11) is 0. The van der Waals surface area contributed by atoms with E-state index in [4.69, 9.17) is 4.74 Å². The molecule has 0 aliphatic carbocycles. The Hall–Kier alpha value is -2.83. The molecule has 0 radical (unpaired) electrons. The highest BCUT2D eigenvalue weighted by Gasteiger charge is 2.32. The van der Waals surface area contributed by atoms with E-state index in [0.29, 0.717) is 26.2 Å². The van der Waals surface area contributed by atoms with E-state index in [1.54, 1.807) is 6.33 Å². The van der Waals surface area contributed by atoms with Gasteiger partial charge in [-0.3, -0.25) is 9.69 Å². The molecule has 136 valence electrons. The van der Waals surface area contributed by atoms with Crippen molar-refractivity contribution in [3.8, 4) is 0 Å². The van der Waals surface area contributed by atoms with Gasteiger partial charge in [-0.25, -0.2) is 9.78 Å². The molecule has 4 rings (SSSR count). The van der Waals surface area contributed by atoms with Crippen molar-refractivity contribution in [2.24, 2.45) is 0 Å². The van der Waals surface area contributed by atoms with Crippen molar-refractivity contribution in [3.63, 3.8) is 0 Å². The van der Waals surface area contributed by atoms with Gasteiger partial charge in [0.1, 0.15) is 13.2 Å². The maximum atomic E-state index is 12.7. The Morgan fingerprint density at radius 3 is 2.92 bits per heavy atom. The third-order valence-electron chi connectivity index (χ3n) is 5.08. The van der Waals surface area contributed by atoms with Crippen LogP contribution in [0.4, 0.5) is 4.79 Å². The van der Waals surface area contributed by atoms with Crippen molar-refractivity contribution in [3.05, 3.63) is 53.6 Å². The van der Waals surface area contributed by atoms with Crippen molar-refractivity contribution in [1.29, 1.82) is 0 Å². The highest BCUT2D eigenvalue weighted by atomic mass is 16.6. The number of cyclic esters (lactones) is 1.